The predicted octanol–water partition coefficient (Wildman–Crippen LogP) is -4.10. The van der Waals surface area contributed by atoms with E-state index in [2.05, 4.69) is 36.2 Å². The highest BCUT2D eigenvalue weighted by Gasteiger charge is 2.29. The number of amides is 3. The molecule has 0 spiro atoms. The molecule has 0 aliphatic carbocycles. The van der Waals surface area contributed by atoms with E-state index in [1.807, 2.05) is 0 Å². The summed E-state index contributed by atoms with van der Waals surface area (Å²) in [6.45, 7) is 0.0804. The quantitative estimate of drug-likeness (QED) is 0.0747. The first kappa shape index (κ1) is 26.5. The van der Waals surface area contributed by atoms with Crippen molar-refractivity contribution in [3.63, 3.8) is 0 Å². The van der Waals surface area contributed by atoms with E-state index in [0.717, 1.165) is 0 Å². The van der Waals surface area contributed by atoms with Crippen LogP contribution in [0.1, 0.15) is 25.0 Å². The Hall–Kier alpha value is -3.72. The Balaban J connectivity index is 1.94. The van der Waals surface area contributed by atoms with Crippen molar-refractivity contribution in [3.8, 4) is 0 Å². The van der Waals surface area contributed by atoms with Gasteiger partial charge >= 0.3 is 5.97 Å². The van der Waals surface area contributed by atoms with Gasteiger partial charge in [-0.2, -0.15) is 0 Å². The molecule has 4 atom stereocenters. The van der Waals surface area contributed by atoms with E-state index in [-0.39, 0.29) is 38.3 Å². The maximum absolute atomic E-state index is 12.8. The number of aromatic nitrogens is 2. The summed E-state index contributed by atoms with van der Waals surface area (Å²) in [6.07, 6.45) is 2.87. The molecule has 1 fully saturated rings. The number of guanidine groups is 1. The molecule has 1 aliphatic heterocycles. The van der Waals surface area contributed by atoms with E-state index in [1.165, 1.54) is 12.5 Å². The average molecular weight is 482 g/mol. The molecular weight excluding hydrogens is 450 g/mol. The molecule has 1 aromatic rings. The van der Waals surface area contributed by atoms with Crippen LogP contribution in [0.3, 0.4) is 0 Å². The fraction of sp³-hybridized carbons (Fsp3) is 0.579. The molecule has 0 saturated carbocycles. The Kier molecular flexibility index (Phi) is 10.2. The Morgan fingerprint density at radius 2 is 2.00 bits per heavy atom. The zero-order valence-electron chi connectivity index (χ0n) is 18.5. The number of hydrogen-bond acceptors (Lipinski definition) is 8. The van der Waals surface area contributed by atoms with E-state index < -0.39 is 54.5 Å². The van der Waals surface area contributed by atoms with E-state index in [9.17, 15) is 29.4 Å². The molecule has 2 rings (SSSR count). The fourth-order valence-corrected chi connectivity index (χ4v) is 3.31. The van der Waals surface area contributed by atoms with Crippen LogP contribution >= 0.6 is 0 Å². The highest BCUT2D eigenvalue weighted by atomic mass is 16.4. The third kappa shape index (κ3) is 9.03. The first-order valence-electron chi connectivity index (χ1n) is 10.7. The molecule has 15 heteroatoms. The third-order valence-electron chi connectivity index (χ3n) is 5.04. The summed E-state index contributed by atoms with van der Waals surface area (Å²) in [5.74, 6) is -3.18. The maximum Gasteiger partial charge on any atom is 0.326 e. The molecule has 2 heterocycles. The second kappa shape index (κ2) is 13.1. The molecule has 0 aromatic carbocycles. The number of aliphatic imine (C=N–C) groups is 1. The van der Waals surface area contributed by atoms with Crippen molar-refractivity contribution in [2.45, 2.75) is 49.9 Å². The molecule has 1 aromatic heterocycles. The predicted molar refractivity (Wildman–Crippen MR) is 119 cm³/mol. The van der Waals surface area contributed by atoms with E-state index >= 15 is 0 Å². The van der Waals surface area contributed by atoms with E-state index in [4.69, 9.17) is 11.5 Å². The first-order chi connectivity index (χ1) is 16.2. The van der Waals surface area contributed by atoms with Crippen LogP contribution in [-0.4, -0.2) is 93.7 Å². The molecule has 1 saturated heterocycles. The number of aliphatic hydroxyl groups is 1. The topological polar surface area (TPSA) is 250 Å². The van der Waals surface area contributed by atoms with Gasteiger partial charge in [0.2, 0.25) is 17.7 Å². The Labute approximate surface area is 195 Å². The maximum atomic E-state index is 12.8. The fourth-order valence-electron chi connectivity index (χ4n) is 3.31. The molecule has 34 heavy (non-hydrogen) atoms. The number of aliphatic hydroxyl groups excluding tert-OH is 1. The van der Waals surface area contributed by atoms with Crippen molar-refractivity contribution in [2.75, 3.05) is 19.6 Å². The summed E-state index contributed by atoms with van der Waals surface area (Å²) in [7, 11) is 0. The molecule has 15 nitrogen and oxygen atoms in total. The Morgan fingerprint density at radius 1 is 1.24 bits per heavy atom. The number of rotatable bonds is 13. The van der Waals surface area contributed by atoms with Crippen molar-refractivity contribution < 1.29 is 29.4 Å². The first-order valence-corrected chi connectivity index (χ1v) is 10.7. The van der Waals surface area contributed by atoms with Gasteiger partial charge in [0.1, 0.15) is 12.1 Å². The minimum atomic E-state index is -1.25. The minimum Gasteiger partial charge on any atom is -0.480 e. The number of aromatic amines is 1. The van der Waals surface area contributed by atoms with Gasteiger partial charge in [-0.1, -0.05) is 0 Å². The lowest BCUT2D eigenvalue weighted by Crippen LogP contribution is -2.54. The standard InChI is InChI=1S/C19H31N9O6/c20-19(21)23-3-1-2-12(18(33)34)28-17(32)14(4-10-6-22-9-26-10)27-15(30)8-25-16(31)13-5-11(29)7-24-13/h6,9,11-14,24,29H,1-5,7-8H2,(H,22,26)(H,25,31)(H,27,30)(H,28,32)(H,33,34)(H4,20,21,23)/t11-,12+,13+,14+/m1/s1. The summed E-state index contributed by atoms with van der Waals surface area (Å²) >= 11 is 0. The Bertz CT molecular complexity index is 872. The van der Waals surface area contributed by atoms with Gasteiger partial charge < -0.3 is 47.9 Å². The number of carboxylic acid groups (broad SMARTS) is 1. The molecule has 1 aliphatic rings. The molecule has 0 bridgehead atoms. The second-order valence-corrected chi connectivity index (χ2v) is 7.82. The number of carbonyl (C=O) groups excluding carboxylic acids is 3. The molecule has 0 unspecified atom stereocenters. The second-order valence-electron chi connectivity index (χ2n) is 7.82. The van der Waals surface area contributed by atoms with Crippen LogP contribution < -0.4 is 32.7 Å². The number of aliphatic carboxylic acids is 1. The van der Waals surface area contributed by atoms with Gasteiger partial charge in [-0.3, -0.25) is 19.4 Å². The number of H-pyrrole nitrogens is 1. The van der Waals surface area contributed by atoms with Crippen LogP contribution in [0.4, 0.5) is 0 Å². The Morgan fingerprint density at radius 3 is 2.59 bits per heavy atom. The summed E-state index contributed by atoms with van der Waals surface area (Å²) in [6, 6.07) is -2.96. The van der Waals surface area contributed by atoms with Crippen LogP contribution in [0.5, 0.6) is 0 Å². The van der Waals surface area contributed by atoms with E-state index in [0.29, 0.717) is 12.1 Å². The van der Waals surface area contributed by atoms with Crippen LogP contribution in [0, 0.1) is 0 Å². The van der Waals surface area contributed by atoms with Crippen LogP contribution in [0.15, 0.2) is 17.5 Å². The molecule has 11 N–H and O–H groups in total. The van der Waals surface area contributed by atoms with Crippen molar-refractivity contribution in [3.05, 3.63) is 18.2 Å². The van der Waals surface area contributed by atoms with Gasteiger partial charge in [-0.15, -0.1) is 0 Å². The van der Waals surface area contributed by atoms with Crippen molar-refractivity contribution in [1.29, 1.82) is 0 Å². The SMILES string of the molecule is NC(N)=NCCC[C@H](NC(=O)[C@H](Cc1cnc[nH]1)NC(=O)CNC(=O)[C@@H]1C[C@@H](O)CN1)C(=O)O. The largest absolute Gasteiger partial charge is 0.480 e. The number of β-amino-alcohol motifs (C(OH)–C–C–N with tert-alkyl or cyclic N) is 1. The minimum absolute atomic E-state index is 0.0161. The highest BCUT2D eigenvalue weighted by molar-refractivity contribution is 5.92. The summed E-state index contributed by atoms with van der Waals surface area (Å²) in [5, 5.41) is 29.1. The lowest BCUT2D eigenvalue weighted by Gasteiger charge is -2.21. The molecular formula is C19H31N9O6. The van der Waals surface area contributed by atoms with Crippen LogP contribution in [0.25, 0.3) is 0 Å². The highest BCUT2D eigenvalue weighted by Crippen LogP contribution is 2.06. The van der Waals surface area contributed by atoms with Crippen LogP contribution in [-0.2, 0) is 25.6 Å². The van der Waals surface area contributed by atoms with Gasteiger partial charge in [-0.05, 0) is 19.3 Å². The van der Waals surface area contributed by atoms with Gasteiger partial charge in [0.15, 0.2) is 5.96 Å². The third-order valence-corrected chi connectivity index (χ3v) is 5.04. The number of imidazole rings is 1. The molecule has 0 radical (unpaired) electrons. The van der Waals surface area contributed by atoms with Crippen LogP contribution in [0.2, 0.25) is 0 Å². The van der Waals surface area contributed by atoms with Crippen molar-refractivity contribution in [2.24, 2.45) is 16.5 Å². The van der Waals surface area contributed by atoms with Gasteiger partial charge in [0.05, 0.1) is 25.0 Å². The summed E-state index contributed by atoms with van der Waals surface area (Å²) in [4.78, 5) is 59.4. The summed E-state index contributed by atoms with van der Waals surface area (Å²) < 4.78 is 0. The lowest BCUT2D eigenvalue weighted by molar-refractivity contribution is -0.142. The van der Waals surface area contributed by atoms with Gasteiger partial charge in [-0.25, -0.2) is 9.78 Å². The number of nitrogens with zero attached hydrogens (tertiary/aromatic N) is 2. The number of carboxylic acids is 1. The smallest absolute Gasteiger partial charge is 0.326 e. The van der Waals surface area contributed by atoms with Gasteiger partial charge in [0, 0.05) is 31.4 Å². The normalized spacial score (nSPS) is 19.0. The van der Waals surface area contributed by atoms with E-state index in [1.54, 1.807) is 0 Å². The number of carbonyl (C=O) groups is 4. The zero-order chi connectivity index (χ0) is 25.1. The molecule has 3 amide bonds. The van der Waals surface area contributed by atoms with Crippen molar-refractivity contribution in [1.82, 2.24) is 31.2 Å². The molecule has 188 valence electrons. The lowest BCUT2D eigenvalue weighted by atomic mass is 10.1. The number of nitrogens with one attached hydrogen (secondary N) is 5. The average Bonchev–Trinajstić information content (AvgIpc) is 3.45. The van der Waals surface area contributed by atoms with Crippen molar-refractivity contribution >= 4 is 29.7 Å². The monoisotopic (exact) mass is 481 g/mol. The summed E-state index contributed by atoms with van der Waals surface area (Å²) in [5.41, 5.74) is 11.0. The number of nitrogens with two attached hydrogens (primary N) is 2. The zero-order valence-corrected chi connectivity index (χ0v) is 18.5. The van der Waals surface area contributed by atoms with Gasteiger partial charge in [0.25, 0.3) is 0 Å². The number of hydrogen-bond donors (Lipinski definition) is 9.